The van der Waals surface area contributed by atoms with Crippen LogP contribution in [0, 0.1) is 20.8 Å². The number of nitrogens with one attached hydrogen (secondary N) is 1. The van der Waals surface area contributed by atoms with E-state index in [1.807, 2.05) is 26.0 Å². The number of esters is 1. The zero-order chi connectivity index (χ0) is 20.9. The number of rotatable bonds is 7. The standard InChI is InChI=1S/C20H24N2O5S/c1-14-9-7-10-17(16(14)3)21-19(23)13-27-20(24)12-22(28(4,25)26)18-11-6-5-8-15(18)2/h5-11H,12-13H2,1-4H3,(H,21,23). The number of sulfonamides is 1. The third kappa shape index (κ3) is 5.56. The number of ether oxygens (including phenoxy) is 1. The molecule has 0 atom stereocenters. The highest BCUT2D eigenvalue weighted by Gasteiger charge is 2.23. The van der Waals surface area contributed by atoms with Crippen molar-refractivity contribution in [3.8, 4) is 0 Å². The average molecular weight is 404 g/mol. The van der Waals surface area contributed by atoms with Crippen LogP contribution in [0.1, 0.15) is 16.7 Å². The summed E-state index contributed by atoms with van der Waals surface area (Å²) in [5.74, 6) is -1.31. The Morgan fingerprint density at radius 3 is 2.29 bits per heavy atom. The number of carbonyl (C=O) groups excluding carboxylic acids is 2. The Morgan fingerprint density at radius 2 is 1.64 bits per heavy atom. The zero-order valence-electron chi connectivity index (χ0n) is 16.4. The van der Waals surface area contributed by atoms with E-state index in [1.54, 1.807) is 37.3 Å². The van der Waals surface area contributed by atoms with Gasteiger partial charge in [0.1, 0.15) is 6.54 Å². The number of aryl methyl sites for hydroxylation is 2. The Hall–Kier alpha value is -2.87. The molecule has 0 saturated heterocycles. The predicted octanol–water partition coefficient (Wildman–Crippen LogP) is 2.56. The van der Waals surface area contributed by atoms with Gasteiger partial charge in [-0.1, -0.05) is 30.3 Å². The first-order valence-electron chi connectivity index (χ1n) is 8.64. The molecule has 2 aromatic carbocycles. The topological polar surface area (TPSA) is 92.8 Å². The van der Waals surface area contributed by atoms with Crippen molar-refractivity contribution in [1.82, 2.24) is 0 Å². The number of nitrogens with zero attached hydrogens (tertiary/aromatic N) is 1. The van der Waals surface area contributed by atoms with Crippen LogP contribution in [0.2, 0.25) is 0 Å². The SMILES string of the molecule is Cc1ccccc1N(CC(=O)OCC(=O)Nc1cccc(C)c1C)S(C)(=O)=O. The molecule has 0 aromatic heterocycles. The molecule has 7 nitrogen and oxygen atoms in total. The molecule has 150 valence electrons. The number of amides is 1. The van der Waals surface area contributed by atoms with Crippen LogP contribution < -0.4 is 9.62 Å². The zero-order valence-corrected chi connectivity index (χ0v) is 17.2. The number of anilines is 2. The van der Waals surface area contributed by atoms with E-state index in [2.05, 4.69) is 5.32 Å². The number of hydrogen-bond donors (Lipinski definition) is 1. The van der Waals surface area contributed by atoms with Gasteiger partial charge < -0.3 is 10.1 Å². The fraction of sp³-hybridized carbons (Fsp3) is 0.300. The Bertz CT molecular complexity index is 986. The van der Waals surface area contributed by atoms with Crippen molar-refractivity contribution < 1.29 is 22.7 Å². The highest BCUT2D eigenvalue weighted by Crippen LogP contribution is 2.22. The second kappa shape index (κ2) is 8.88. The summed E-state index contributed by atoms with van der Waals surface area (Å²) in [6.07, 6.45) is 1.01. The van der Waals surface area contributed by atoms with Gasteiger partial charge in [-0.05, 0) is 49.6 Å². The molecular weight excluding hydrogens is 380 g/mol. The first kappa shape index (κ1) is 21.4. The number of benzene rings is 2. The molecule has 0 saturated carbocycles. The molecule has 2 aromatic rings. The monoisotopic (exact) mass is 404 g/mol. The van der Waals surface area contributed by atoms with E-state index >= 15 is 0 Å². The highest BCUT2D eigenvalue weighted by atomic mass is 32.2. The molecule has 0 unspecified atom stereocenters. The summed E-state index contributed by atoms with van der Waals surface area (Å²) in [6, 6.07) is 12.3. The lowest BCUT2D eigenvalue weighted by atomic mass is 10.1. The van der Waals surface area contributed by atoms with Crippen LogP contribution in [-0.4, -0.2) is 39.7 Å². The molecule has 1 amide bonds. The first-order chi connectivity index (χ1) is 13.1. The predicted molar refractivity (Wildman–Crippen MR) is 109 cm³/mol. The molecule has 0 fully saturated rings. The molecule has 0 aliphatic carbocycles. The van der Waals surface area contributed by atoms with Crippen LogP contribution >= 0.6 is 0 Å². The van der Waals surface area contributed by atoms with Crippen LogP contribution in [0.4, 0.5) is 11.4 Å². The fourth-order valence-corrected chi connectivity index (χ4v) is 3.51. The minimum Gasteiger partial charge on any atom is -0.454 e. The minimum absolute atomic E-state index is 0.391. The van der Waals surface area contributed by atoms with Crippen LogP contribution in [-0.2, 0) is 24.3 Å². The van der Waals surface area contributed by atoms with Gasteiger partial charge in [0.05, 0.1) is 11.9 Å². The lowest BCUT2D eigenvalue weighted by Crippen LogP contribution is -2.37. The molecule has 8 heteroatoms. The van der Waals surface area contributed by atoms with Crippen LogP contribution in [0.25, 0.3) is 0 Å². The average Bonchev–Trinajstić information content (AvgIpc) is 2.62. The van der Waals surface area contributed by atoms with E-state index in [1.165, 1.54) is 0 Å². The molecular formula is C20H24N2O5S. The lowest BCUT2D eigenvalue weighted by Gasteiger charge is -2.23. The van der Waals surface area contributed by atoms with Crippen molar-refractivity contribution in [2.45, 2.75) is 20.8 Å². The van der Waals surface area contributed by atoms with Gasteiger partial charge in [-0.3, -0.25) is 13.9 Å². The number of carbonyl (C=O) groups is 2. The van der Waals surface area contributed by atoms with Gasteiger partial charge in [0.15, 0.2) is 6.61 Å². The second-order valence-electron chi connectivity index (χ2n) is 6.51. The van der Waals surface area contributed by atoms with Crippen LogP contribution in [0.15, 0.2) is 42.5 Å². The van der Waals surface area contributed by atoms with Crippen LogP contribution in [0.5, 0.6) is 0 Å². The maximum absolute atomic E-state index is 12.2. The van der Waals surface area contributed by atoms with E-state index in [0.29, 0.717) is 16.9 Å². The normalized spacial score (nSPS) is 11.0. The van der Waals surface area contributed by atoms with E-state index < -0.39 is 35.1 Å². The molecule has 28 heavy (non-hydrogen) atoms. The Labute approximate surface area is 165 Å². The van der Waals surface area contributed by atoms with Crippen molar-refractivity contribution in [3.05, 3.63) is 59.2 Å². The van der Waals surface area contributed by atoms with Crippen molar-refractivity contribution in [3.63, 3.8) is 0 Å². The number of hydrogen-bond acceptors (Lipinski definition) is 5. The maximum Gasteiger partial charge on any atom is 0.327 e. The van der Waals surface area contributed by atoms with Crippen LogP contribution in [0.3, 0.4) is 0 Å². The molecule has 0 aliphatic rings. The first-order valence-corrected chi connectivity index (χ1v) is 10.5. The summed E-state index contributed by atoms with van der Waals surface area (Å²) in [4.78, 5) is 24.2. The summed E-state index contributed by atoms with van der Waals surface area (Å²) >= 11 is 0. The second-order valence-corrected chi connectivity index (χ2v) is 8.42. The summed E-state index contributed by atoms with van der Waals surface area (Å²) in [6.45, 7) is 4.54. The van der Waals surface area contributed by atoms with Gasteiger partial charge in [-0.2, -0.15) is 0 Å². The highest BCUT2D eigenvalue weighted by molar-refractivity contribution is 7.92. The molecule has 0 heterocycles. The van der Waals surface area contributed by atoms with Gasteiger partial charge in [0.2, 0.25) is 10.0 Å². The van der Waals surface area contributed by atoms with Gasteiger partial charge in [0, 0.05) is 5.69 Å². The van der Waals surface area contributed by atoms with E-state index in [4.69, 9.17) is 4.74 Å². The van der Waals surface area contributed by atoms with E-state index in [-0.39, 0.29) is 0 Å². The third-order valence-electron chi connectivity index (χ3n) is 4.30. The lowest BCUT2D eigenvalue weighted by molar-refractivity contribution is -0.145. The summed E-state index contributed by atoms with van der Waals surface area (Å²) in [5, 5.41) is 2.68. The quantitative estimate of drug-likeness (QED) is 0.716. The van der Waals surface area contributed by atoms with Crippen molar-refractivity contribution in [2.75, 3.05) is 29.0 Å². The summed E-state index contributed by atoms with van der Waals surface area (Å²) < 4.78 is 30.2. The minimum atomic E-state index is -3.70. The number of para-hydroxylation sites is 1. The summed E-state index contributed by atoms with van der Waals surface area (Å²) in [5.41, 5.74) is 3.68. The van der Waals surface area contributed by atoms with Crippen molar-refractivity contribution in [1.29, 1.82) is 0 Å². The van der Waals surface area contributed by atoms with E-state index in [0.717, 1.165) is 21.7 Å². The molecule has 0 spiro atoms. The van der Waals surface area contributed by atoms with E-state index in [9.17, 15) is 18.0 Å². The van der Waals surface area contributed by atoms with Gasteiger partial charge >= 0.3 is 5.97 Å². The fourth-order valence-electron chi connectivity index (χ4n) is 2.61. The van der Waals surface area contributed by atoms with Gasteiger partial charge in [0.25, 0.3) is 5.91 Å². The maximum atomic E-state index is 12.2. The largest absolute Gasteiger partial charge is 0.454 e. The van der Waals surface area contributed by atoms with Crippen molar-refractivity contribution >= 4 is 33.3 Å². The summed E-state index contributed by atoms with van der Waals surface area (Å²) in [7, 11) is -3.70. The molecule has 1 N–H and O–H groups in total. The Morgan fingerprint density at radius 1 is 1.00 bits per heavy atom. The molecule has 2 rings (SSSR count). The smallest absolute Gasteiger partial charge is 0.327 e. The van der Waals surface area contributed by atoms with Gasteiger partial charge in [-0.15, -0.1) is 0 Å². The third-order valence-corrected chi connectivity index (χ3v) is 5.43. The van der Waals surface area contributed by atoms with Gasteiger partial charge in [-0.25, -0.2) is 8.42 Å². The molecule has 0 aliphatic heterocycles. The Kier molecular flexibility index (Phi) is 6.80. The van der Waals surface area contributed by atoms with Crippen molar-refractivity contribution in [2.24, 2.45) is 0 Å². The molecule has 0 radical (unpaired) electrons. The molecule has 0 bridgehead atoms. The Balaban J connectivity index is 2.01.